The predicted octanol–water partition coefficient (Wildman–Crippen LogP) is 5.18. The Hall–Kier alpha value is -4.64. The zero-order valence-corrected chi connectivity index (χ0v) is 19.2. The Labute approximate surface area is 197 Å². The first kappa shape index (κ1) is 22.6. The Morgan fingerprint density at radius 1 is 1.26 bits per heavy atom. The second-order valence-electron chi connectivity index (χ2n) is 7.66. The maximum atomic E-state index is 11.7. The molecule has 0 aliphatic heterocycles. The van der Waals surface area contributed by atoms with Crippen molar-refractivity contribution in [3.8, 4) is 17.6 Å². The first-order chi connectivity index (χ1) is 16.4. The third-order valence-electron chi connectivity index (χ3n) is 5.35. The SMILES string of the molecule is C=CC(=O)Nc1ccc2c(c1)c(C)cn2-c1nc(Nc2c(C)cccc2OCC)ncc1C#N. The number of anilines is 3. The van der Waals surface area contributed by atoms with Gasteiger partial charge in [0.2, 0.25) is 11.9 Å². The molecule has 1 amide bonds. The van der Waals surface area contributed by atoms with Crippen LogP contribution in [0, 0.1) is 25.2 Å². The van der Waals surface area contributed by atoms with Gasteiger partial charge in [-0.15, -0.1) is 0 Å². The Balaban J connectivity index is 1.79. The van der Waals surface area contributed by atoms with Gasteiger partial charge in [-0.1, -0.05) is 18.7 Å². The van der Waals surface area contributed by atoms with E-state index in [1.165, 1.54) is 12.3 Å². The normalized spacial score (nSPS) is 10.5. The summed E-state index contributed by atoms with van der Waals surface area (Å²) >= 11 is 0. The van der Waals surface area contributed by atoms with Crippen LogP contribution in [0.25, 0.3) is 16.7 Å². The lowest BCUT2D eigenvalue weighted by Crippen LogP contribution is -2.08. The number of aryl methyl sites for hydroxylation is 2. The van der Waals surface area contributed by atoms with Crippen molar-refractivity contribution in [2.45, 2.75) is 20.8 Å². The lowest BCUT2D eigenvalue weighted by atomic mass is 10.1. The summed E-state index contributed by atoms with van der Waals surface area (Å²) in [6, 6.07) is 13.5. The molecule has 8 heteroatoms. The monoisotopic (exact) mass is 452 g/mol. The zero-order chi connectivity index (χ0) is 24.2. The van der Waals surface area contributed by atoms with Gasteiger partial charge in [-0.05, 0) is 62.2 Å². The Morgan fingerprint density at radius 2 is 2.09 bits per heavy atom. The molecule has 0 saturated heterocycles. The molecule has 2 N–H and O–H groups in total. The highest BCUT2D eigenvalue weighted by Crippen LogP contribution is 2.32. The molecule has 34 heavy (non-hydrogen) atoms. The molecule has 170 valence electrons. The van der Waals surface area contributed by atoms with Crippen LogP contribution in [-0.4, -0.2) is 27.0 Å². The summed E-state index contributed by atoms with van der Waals surface area (Å²) in [5.74, 6) is 1.22. The van der Waals surface area contributed by atoms with E-state index in [0.717, 1.165) is 27.7 Å². The number of hydrogen-bond donors (Lipinski definition) is 2. The quantitative estimate of drug-likeness (QED) is 0.375. The van der Waals surface area contributed by atoms with E-state index in [9.17, 15) is 10.1 Å². The Bertz CT molecular complexity index is 1450. The van der Waals surface area contributed by atoms with Crippen LogP contribution in [0.15, 0.2) is 61.4 Å². The number of rotatable bonds is 7. The molecular weight excluding hydrogens is 428 g/mol. The van der Waals surface area contributed by atoms with Crippen LogP contribution in [0.1, 0.15) is 23.6 Å². The highest BCUT2D eigenvalue weighted by atomic mass is 16.5. The number of para-hydroxylation sites is 1. The van der Waals surface area contributed by atoms with Gasteiger partial charge >= 0.3 is 0 Å². The van der Waals surface area contributed by atoms with Gasteiger partial charge in [0.1, 0.15) is 17.4 Å². The third kappa shape index (κ3) is 4.32. The number of ether oxygens (including phenoxy) is 1. The molecule has 4 aromatic rings. The smallest absolute Gasteiger partial charge is 0.247 e. The molecule has 0 spiro atoms. The predicted molar refractivity (Wildman–Crippen MR) is 133 cm³/mol. The summed E-state index contributed by atoms with van der Waals surface area (Å²) in [6.07, 6.45) is 4.64. The summed E-state index contributed by atoms with van der Waals surface area (Å²) in [5.41, 5.74) is 4.57. The molecule has 0 radical (unpaired) electrons. The molecular formula is C26H24N6O2. The van der Waals surface area contributed by atoms with Crippen LogP contribution >= 0.6 is 0 Å². The fourth-order valence-corrected chi connectivity index (χ4v) is 3.73. The third-order valence-corrected chi connectivity index (χ3v) is 5.35. The van der Waals surface area contributed by atoms with E-state index in [1.54, 1.807) is 6.07 Å². The molecule has 0 saturated carbocycles. The number of nitrogens with zero attached hydrogens (tertiary/aromatic N) is 4. The van der Waals surface area contributed by atoms with Crippen LogP contribution in [0.5, 0.6) is 5.75 Å². The largest absolute Gasteiger partial charge is 0.492 e. The van der Waals surface area contributed by atoms with Crippen molar-refractivity contribution in [2.75, 3.05) is 17.2 Å². The van der Waals surface area contributed by atoms with Gasteiger partial charge in [-0.2, -0.15) is 10.2 Å². The number of hydrogen-bond acceptors (Lipinski definition) is 6. The average Bonchev–Trinajstić information content (AvgIpc) is 3.17. The van der Waals surface area contributed by atoms with E-state index in [4.69, 9.17) is 4.74 Å². The van der Waals surface area contributed by atoms with Crippen LogP contribution in [0.2, 0.25) is 0 Å². The Morgan fingerprint density at radius 3 is 2.82 bits per heavy atom. The lowest BCUT2D eigenvalue weighted by molar-refractivity contribution is -0.111. The fraction of sp³-hybridized carbons (Fsp3) is 0.154. The maximum absolute atomic E-state index is 11.7. The van der Waals surface area contributed by atoms with Gasteiger partial charge in [-0.25, -0.2) is 4.98 Å². The topological polar surface area (TPSA) is 105 Å². The minimum Gasteiger partial charge on any atom is -0.492 e. The highest BCUT2D eigenvalue weighted by molar-refractivity contribution is 6.00. The van der Waals surface area contributed by atoms with Crippen LogP contribution < -0.4 is 15.4 Å². The van der Waals surface area contributed by atoms with Gasteiger partial charge in [0.05, 0.1) is 24.0 Å². The summed E-state index contributed by atoms with van der Waals surface area (Å²) in [5, 5.41) is 16.7. The zero-order valence-electron chi connectivity index (χ0n) is 19.2. The van der Waals surface area contributed by atoms with Crippen molar-refractivity contribution in [3.05, 3.63) is 78.1 Å². The number of amides is 1. The number of nitrogens with one attached hydrogen (secondary N) is 2. The van der Waals surface area contributed by atoms with Gasteiger partial charge in [0, 0.05) is 17.3 Å². The molecule has 4 rings (SSSR count). The van der Waals surface area contributed by atoms with Gasteiger partial charge in [0.25, 0.3) is 0 Å². The van der Waals surface area contributed by atoms with Gasteiger partial charge < -0.3 is 15.4 Å². The Kier molecular flexibility index (Phi) is 6.28. The van der Waals surface area contributed by atoms with Gasteiger partial charge in [-0.3, -0.25) is 9.36 Å². The van der Waals surface area contributed by atoms with E-state index in [1.807, 2.05) is 61.9 Å². The molecule has 2 aromatic carbocycles. The lowest BCUT2D eigenvalue weighted by Gasteiger charge is -2.15. The van der Waals surface area contributed by atoms with Crippen molar-refractivity contribution in [1.82, 2.24) is 14.5 Å². The molecule has 2 aromatic heterocycles. The van der Waals surface area contributed by atoms with Crippen molar-refractivity contribution in [2.24, 2.45) is 0 Å². The summed E-state index contributed by atoms with van der Waals surface area (Å²) in [6.45, 7) is 9.88. The van der Waals surface area contributed by atoms with Crippen LogP contribution in [0.3, 0.4) is 0 Å². The average molecular weight is 453 g/mol. The number of fused-ring (bicyclic) bond motifs is 1. The fourth-order valence-electron chi connectivity index (χ4n) is 3.73. The standard InChI is InChI=1S/C26H24N6O2/c1-5-23(33)29-19-10-11-21-20(12-19)17(4)15-32(21)25-18(13-27)14-28-26(31-25)30-24-16(3)8-7-9-22(24)34-6-2/h5,7-12,14-15H,1,6H2,2-4H3,(H,29,33)(H,28,30,31). The summed E-state index contributed by atoms with van der Waals surface area (Å²) in [7, 11) is 0. The van der Waals surface area contributed by atoms with Crippen molar-refractivity contribution in [1.29, 1.82) is 5.26 Å². The van der Waals surface area contributed by atoms with Crippen molar-refractivity contribution >= 4 is 34.1 Å². The van der Waals surface area contributed by atoms with E-state index in [-0.39, 0.29) is 5.91 Å². The molecule has 2 heterocycles. The van der Waals surface area contributed by atoms with E-state index >= 15 is 0 Å². The number of aromatic nitrogens is 3. The van der Waals surface area contributed by atoms with Crippen molar-refractivity contribution in [3.63, 3.8) is 0 Å². The summed E-state index contributed by atoms with van der Waals surface area (Å²) < 4.78 is 7.60. The first-order valence-corrected chi connectivity index (χ1v) is 10.8. The molecule has 0 aliphatic carbocycles. The number of benzene rings is 2. The van der Waals surface area contributed by atoms with Gasteiger partial charge in [0.15, 0.2) is 5.82 Å². The van der Waals surface area contributed by atoms with Crippen LogP contribution in [0.4, 0.5) is 17.3 Å². The summed E-state index contributed by atoms with van der Waals surface area (Å²) in [4.78, 5) is 20.7. The molecule has 8 nitrogen and oxygen atoms in total. The van der Waals surface area contributed by atoms with E-state index in [2.05, 4.69) is 33.2 Å². The minimum absolute atomic E-state index is 0.280. The molecule has 0 atom stereocenters. The number of carbonyl (C=O) groups excluding carboxylic acids is 1. The minimum atomic E-state index is -0.280. The second-order valence-corrected chi connectivity index (χ2v) is 7.66. The maximum Gasteiger partial charge on any atom is 0.247 e. The molecule has 0 unspecified atom stereocenters. The molecule has 0 bridgehead atoms. The van der Waals surface area contributed by atoms with E-state index in [0.29, 0.717) is 35.4 Å². The van der Waals surface area contributed by atoms with Crippen molar-refractivity contribution < 1.29 is 9.53 Å². The second kappa shape index (κ2) is 9.46. The molecule has 0 aliphatic rings. The van der Waals surface area contributed by atoms with E-state index < -0.39 is 0 Å². The van der Waals surface area contributed by atoms with Crippen LogP contribution in [-0.2, 0) is 4.79 Å². The highest BCUT2D eigenvalue weighted by Gasteiger charge is 2.16. The number of nitriles is 1. The molecule has 0 fully saturated rings. The first-order valence-electron chi connectivity index (χ1n) is 10.8. The number of carbonyl (C=O) groups is 1.